The van der Waals surface area contributed by atoms with Crippen LogP contribution in [0.5, 0.6) is 0 Å². The van der Waals surface area contributed by atoms with Crippen LogP contribution >= 0.6 is 0 Å². The highest BCUT2D eigenvalue weighted by molar-refractivity contribution is 6.01. The summed E-state index contributed by atoms with van der Waals surface area (Å²) in [6, 6.07) is 1.21. The molecule has 0 aliphatic rings. The highest BCUT2D eigenvalue weighted by Gasteiger charge is 2.17. The zero-order valence-electron chi connectivity index (χ0n) is 7.35. The van der Waals surface area contributed by atoms with Gasteiger partial charge in [0.1, 0.15) is 0 Å². The van der Waals surface area contributed by atoms with E-state index >= 15 is 0 Å². The molecule has 1 rings (SSSR count). The van der Waals surface area contributed by atoms with Crippen LogP contribution in [0.3, 0.4) is 0 Å². The van der Waals surface area contributed by atoms with Gasteiger partial charge >= 0.3 is 11.9 Å². The van der Waals surface area contributed by atoms with Gasteiger partial charge in [0.05, 0.1) is 18.4 Å². The highest BCUT2D eigenvalue weighted by atomic mass is 16.5. The van der Waals surface area contributed by atoms with Crippen molar-refractivity contribution in [3.05, 3.63) is 23.5 Å². The first-order valence-electron chi connectivity index (χ1n) is 3.64. The maximum Gasteiger partial charge on any atom is 0.358 e. The number of nitrogens with zero attached hydrogens (tertiary/aromatic N) is 1. The Morgan fingerprint density at radius 1 is 1.57 bits per heavy atom. The molecule has 1 aromatic heterocycles. The number of anilines is 1. The molecule has 0 fully saturated rings. The van der Waals surface area contributed by atoms with Gasteiger partial charge in [-0.3, -0.25) is 0 Å². The molecule has 0 radical (unpaired) electrons. The fourth-order valence-electron chi connectivity index (χ4n) is 0.919. The topological polar surface area (TPSA) is 103 Å². The minimum Gasteiger partial charge on any atom is -0.478 e. The third-order valence-electron chi connectivity index (χ3n) is 1.60. The van der Waals surface area contributed by atoms with Gasteiger partial charge in [-0.1, -0.05) is 0 Å². The standard InChI is InChI=1S/C8H8N2O4/c1-14-8(13)6-5(9)4(7(11)12)2-3-10-6/h2-3H,9H2,1H3,(H,11,12). The van der Waals surface area contributed by atoms with Crippen LogP contribution in [0.4, 0.5) is 5.69 Å². The maximum atomic E-state index is 11.1. The largest absolute Gasteiger partial charge is 0.478 e. The van der Waals surface area contributed by atoms with Crippen molar-refractivity contribution in [1.82, 2.24) is 4.98 Å². The number of rotatable bonds is 2. The number of ether oxygens (including phenoxy) is 1. The van der Waals surface area contributed by atoms with E-state index in [1.165, 1.54) is 12.3 Å². The van der Waals surface area contributed by atoms with E-state index in [-0.39, 0.29) is 16.9 Å². The lowest BCUT2D eigenvalue weighted by molar-refractivity contribution is 0.0595. The summed E-state index contributed by atoms with van der Waals surface area (Å²) in [5.74, 6) is -1.97. The van der Waals surface area contributed by atoms with Gasteiger partial charge in [0.2, 0.25) is 0 Å². The van der Waals surface area contributed by atoms with Crippen LogP contribution < -0.4 is 5.73 Å². The molecule has 0 atom stereocenters. The van der Waals surface area contributed by atoms with Crippen molar-refractivity contribution < 1.29 is 19.4 Å². The Kier molecular flexibility index (Phi) is 2.66. The highest BCUT2D eigenvalue weighted by Crippen LogP contribution is 2.15. The molecular weight excluding hydrogens is 188 g/mol. The van der Waals surface area contributed by atoms with E-state index in [0.29, 0.717) is 0 Å². The van der Waals surface area contributed by atoms with E-state index < -0.39 is 11.9 Å². The first kappa shape index (κ1) is 9.97. The Bertz CT molecular complexity index is 389. The first-order chi connectivity index (χ1) is 6.57. The molecule has 0 saturated heterocycles. The summed E-state index contributed by atoms with van der Waals surface area (Å²) in [4.78, 5) is 25.3. The van der Waals surface area contributed by atoms with Crippen molar-refractivity contribution in [2.45, 2.75) is 0 Å². The lowest BCUT2D eigenvalue weighted by atomic mass is 10.2. The van der Waals surface area contributed by atoms with Gasteiger partial charge in [-0.25, -0.2) is 14.6 Å². The SMILES string of the molecule is COC(=O)c1nccc(C(=O)O)c1N. The summed E-state index contributed by atoms with van der Waals surface area (Å²) in [6.07, 6.45) is 1.19. The van der Waals surface area contributed by atoms with E-state index in [4.69, 9.17) is 10.8 Å². The van der Waals surface area contributed by atoms with Crippen molar-refractivity contribution in [1.29, 1.82) is 0 Å². The number of aromatic nitrogens is 1. The van der Waals surface area contributed by atoms with Crippen LogP contribution in [0.1, 0.15) is 20.8 Å². The van der Waals surface area contributed by atoms with Crippen molar-refractivity contribution >= 4 is 17.6 Å². The molecule has 3 N–H and O–H groups in total. The molecule has 0 bridgehead atoms. The predicted molar refractivity (Wildman–Crippen MR) is 46.9 cm³/mol. The Hall–Kier alpha value is -2.11. The number of pyridine rings is 1. The number of carboxylic acid groups (broad SMARTS) is 1. The van der Waals surface area contributed by atoms with Crippen molar-refractivity contribution in [2.24, 2.45) is 0 Å². The van der Waals surface area contributed by atoms with Crippen molar-refractivity contribution in [3.63, 3.8) is 0 Å². The lowest BCUT2D eigenvalue weighted by Crippen LogP contribution is -2.12. The number of hydrogen-bond donors (Lipinski definition) is 2. The van der Waals surface area contributed by atoms with E-state index in [1.807, 2.05) is 0 Å². The molecule has 14 heavy (non-hydrogen) atoms. The summed E-state index contributed by atoms with van der Waals surface area (Å²) in [6.45, 7) is 0. The predicted octanol–water partition coefficient (Wildman–Crippen LogP) is 0.149. The van der Waals surface area contributed by atoms with Gasteiger partial charge in [-0.2, -0.15) is 0 Å². The third kappa shape index (κ3) is 1.63. The van der Waals surface area contributed by atoms with E-state index in [1.54, 1.807) is 0 Å². The maximum absolute atomic E-state index is 11.1. The molecule has 0 unspecified atom stereocenters. The summed E-state index contributed by atoms with van der Waals surface area (Å²) >= 11 is 0. The summed E-state index contributed by atoms with van der Waals surface area (Å²) in [5, 5.41) is 8.68. The quantitative estimate of drug-likeness (QED) is 0.652. The molecule has 0 amide bonds. The first-order valence-corrected chi connectivity index (χ1v) is 3.64. The van der Waals surface area contributed by atoms with E-state index in [2.05, 4.69) is 9.72 Å². The van der Waals surface area contributed by atoms with Crippen LogP contribution in [-0.2, 0) is 4.74 Å². The fourth-order valence-corrected chi connectivity index (χ4v) is 0.919. The minimum atomic E-state index is -1.21. The zero-order chi connectivity index (χ0) is 10.7. The van der Waals surface area contributed by atoms with Gasteiger partial charge in [0, 0.05) is 6.20 Å². The Labute approximate surface area is 79.3 Å². The second-order valence-corrected chi connectivity index (χ2v) is 2.42. The number of esters is 1. The summed E-state index contributed by atoms with van der Waals surface area (Å²) < 4.78 is 4.38. The average Bonchev–Trinajstić information content (AvgIpc) is 2.16. The number of methoxy groups -OCH3 is 1. The fraction of sp³-hybridized carbons (Fsp3) is 0.125. The monoisotopic (exact) mass is 196 g/mol. The van der Waals surface area contributed by atoms with Crippen molar-refractivity contribution in [3.8, 4) is 0 Å². The van der Waals surface area contributed by atoms with Gasteiger partial charge in [-0.15, -0.1) is 0 Å². The number of carbonyl (C=O) groups excluding carboxylic acids is 1. The molecule has 0 saturated carbocycles. The second kappa shape index (κ2) is 3.73. The van der Waals surface area contributed by atoms with Gasteiger partial charge in [0.15, 0.2) is 5.69 Å². The number of nitrogens with two attached hydrogens (primary N) is 1. The Morgan fingerprint density at radius 3 is 2.71 bits per heavy atom. The minimum absolute atomic E-state index is 0.166. The number of hydrogen-bond acceptors (Lipinski definition) is 5. The molecule has 1 heterocycles. The molecule has 0 aromatic carbocycles. The normalized spacial score (nSPS) is 9.50. The van der Waals surface area contributed by atoms with Crippen LogP contribution in [0.25, 0.3) is 0 Å². The van der Waals surface area contributed by atoms with Crippen LogP contribution in [0.2, 0.25) is 0 Å². The smallest absolute Gasteiger partial charge is 0.358 e. The number of nitrogen functional groups attached to an aromatic ring is 1. The third-order valence-corrected chi connectivity index (χ3v) is 1.60. The molecule has 1 aromatic rings. The van der Waals surface area contributed by atoms with Crippen LogP contribution in [0, 0.1) is 0 Å². The molecule has 0 aliphatic carbocycles. The Balaban J connectivity index is 3.27. The number of carbonyl (C=O) groups is 2. The zero-order valence-corrected chi connectivity index (χ0v) is 7.35. The summed E-state index contributed by atoms with van der Waals surface area (Å²) in [5.41, 5.74) is 4.87. The van der Waals surface area contributed by atoms with E-state index in [9.17, 15) is 9.59 Å². The van der Waals surface area contributed by atoms with E-state index in [0.717, 1.165) is 7.11 Å². The second-order valence-electron chi connectivity index (χ2n) is 2.42. The van der Waals surface area contributed by atoms with Gasteiger partial charge in [0.25, 0.3) is 0 Å². The number of aromatic carboxylic acids is 1. The van der Waals surface area contributed by atoms with Gasteiger partial charge < -0.3 is 15.6 Å². The van der Waals surface area contributed by atoms with Crippen molar-refractivity contribution in [2.75, 3.05) is 12.8 Å². The number of carboxylic acids is 1. The molecule has 0 spiro atoms. The molecule has 0 aliphatic heterocycles. The molecule has 74 valence electrons. The average molecular weight is 196 g/mol. The lowest BCUT2D eigenvalue weighted by Gasteiger charge is -2.04. The molecule has 6 nitrogen and oxygen atoms in total. The summed E-state index contributed by atoms with van der Waals surface area (Å²) in [7, 11) is 1.16. The van der Waals surface area contributed by atoms with Crippen LogP contribution in [-0.4, -0.2) is 29.1 Å². The molecular formula is C8H8N2O4. The Morgan fingerprint density at radius 2 is 2.21 bits per heavy atom. The molecule has 6 heteroatoms. The van der Waals surface area contributed by atoms with Crippen LogP contribution in [0.15, 0.2) is 12.3 Å². The van der Waals surface area contributed by atoms with Gasteiger partial charge in [-0.05, 0) is 6.07 Å².